The van der Waals surface area contributed by atoms with Crippen molar-refractivity contribution in [2.75, 3.05) is 13.2 Å². The molecule has 4 nitrogen and oxygen atoms in total. The summed E-state index contributed by atoms with van der Waals surface area (Å²) in [6, 6.07) is 0. The number of ether oxygens (including phenoxy) is 2. The maximum atomic E-state index is 11.8. The van der Waals surface area contributed by atoms with Crippen molar-refractivity contribution < 1.29 is 19.1 Å². The maximum absolute atomic E-state index is 11.8. The molecule has 0 heterocycles. The van der Waals surface area contributed by atoms with Crippen molar-refractivity contribution in [2.45, 2.75) is 47.5 Å². The van der Waals surface area contributed by atoms with Gasteiger partial charge in [-0.25, -0.2) is 0 Å². The molecule has 0 aliphatic heterocycles. The van der Waals surface area contributed by atoms with E-state index < -0.39 is 0 Å². The lowest BCUT2D eigenvalue weighted by Crippen LogP contribution is -2.31. The molecule has 4 heteroatoms. The van der Waals surface area contributed by atoms with E-state index in [0.717, 1.165) is 0 Å². The Bertz CT molecular complexity index is 253. The van der Waals surface area contributed by atoms with Crippen LogP contribution in [0.4, 0.5) is 0 Å². The Labute approximate surface area is 104 Å². The number of carbonyl (C=O) groups is 2. The van der Waals surface area contributed by atoms with Crippen LogP contribution in [0, 0.1) is 11.3 Å². The fourth-order valence-electron chi connectivity index (χ4n) is 1.64. The number of rotatable bonds is 6. The van der Waals surface area contributed by atoms with Gasteiger partial charge in [0.25, 0.3) is 0 Å². The summed E-state index contributed by atoms with van der Waals surface area (Å²) in [5.41, 5.74) is -0.210. The first-order chi connectivity index (χ1) is 7.82. The van der Waals surface area contributed by atoms with Gasteiger partial charge in [-0.15, -0.1) is 0 Å². The summed E-state index contributed by atoms with van der Waals surface area (Å²) < 4.78 is 9.89. The molecule has 0 rings (SSSR count). The van der Waals surface area contributed by atoms with Crippen LogP contribution in [0.5, 0.6) is 0 Å². The van der Waals surface area contributed by atoms with Crippen molar-refractivity contribution in [3.05, 3.63) is 0 Å². The van der Waals surface area contributed by atoms with Gasteiger partial charge in [0.2, 0.25) is 0 Å². The normalized spacial score (nSPS) is 13.0. The molecule has 0 spiro atoms. The first kappa shape index (κ1) is 15.9. The zero-order valence-electron chi connectivity index (χ0n) is 11.5. The third kappa shape index (κ3) is 6.29. The number of esters is 2. The van der Waals surface area contributed by atoms with Crippen LogP contribution in [0.1, 0.15) is 47.5 Å². The molecule has 0 fully saturated rings. The smallest absolute Gasteiger partial charge is 0.309 e. The molecular weight excluding hydrogens is 220 g/mol. The Morgan fingerprint density at radius 2 is 1.59 bits per heavy atom. The number of hydrogen-bond donors (Lipinski definition) is 0. The zero-order chi connectivity index (χ0) is 13.5. The molecule has 0 amide bonds. The second-order valence-electron chi connectivity index (χ2n) is 5.01. The minimum absolute atomic E-state index is 0.210. The predicted octanol–water partition coefficient (Wildman–Crippen LogP) is 2.56. The van der Waals surface area contributed by atoms with Gasteiger partial charge < -0.3 is 9.47 Å². The van der Waals surface area contributed by atoms with Gasteiger partial charge in [0.15, 0.2) is 0 Å². The van der Waals surface area contributed by atoms with E-state index in [2.05, 4.69) is 0 Å². The average Bonchev–Trinajstić information content (AvgIpc) is 2.16. The highest BCUT2D eigenvalue weighted by Gasteiger charge is 2.32. The molecule has 100 valence electrons. The maximum Gasteiger partial charge on any atom is 0.309 e. The standard InChI is InChI=1S/C13H24O4/c1-6-16-11(14)9-8-10(13(3,4)5)12(15)17-7-2/h10H,6-9H2,1-5H3. The van der Waals surface area contributed by atoms with Crippen molar-refractivity contribution in [2.24, 2.45) is 11.3 Å². The summed E-state index contributed by atoms with van der Waals surface area (Å²) in [6.45, 7) is 10.2. The van der Waals surface area contributed by atoms with E-state index in [1.54, 1.807) is 13.8 Å². The Kier molecular flexibility index (Phi) is 6.85. The summed E-state index contributed by atoms with van der Waals surface area (Å²) in [5, 5.41) is 0. The lowest BCUT2D eigenvalue weighted by molar-refractivity contribution is -0.153. The first-order valence-corrected chi connectivity index (χ1v) is 6.15. The predicted molar refractivity (Wildman–Crippen MR) is 65.4 cm³/mol. The Morgan fingerprint density at radius 3 is 2.00 bits per heavy atom. The highest BCUT2D eigenvalue weighted by atomic mass is 16.5. The fourth-order valence-corrected chi connectivity index (χ4v) is 1.64. The first-order valence-electron chi connectivity index (χ1n) is 6.15. The lowest BCUT2D eigenvalue weighted by atomic mass is 9.78. The average molecular weight is 244 g/mol. The van der Waals surface area contributed by atoms with Crippen molar-refractivity contribution in [3.63, 3.8) is 0 Å². The lowest BCUT2D eigenvalue weighted by Gasteiger charge is -2.28. The van der Waals surface area contributed by atoms with Crippen molar-refractivity contribution in [1.29, 1.82) is 0 Å². The van der Waals surface area contributed by atoms with E-state index >= 15 is 0 Å². The second kappa shape index (κ2) is 7.30. The molecule has 0 N–H and O–H groups in total. The van der Waals surface area contributed by atoms with Crippen LogP contribution in [0.2, 0.25) is 0 Å². The third-order valence-electron chi connectivity index (χ3n) is 2.56. The van der Waals surface area contributed by atoms with Gasteiger partial charge in [-0.2, -0.15) is 0 Å². The molecule has 0 aromatic rings. The van der Waals surface area contributed by atoms with Crippen molar-refractivity contribution >= 4 is 11.9 Å². The van der Waals surface area contributed by atoms with Gasteiger partial charge in [0.1, 0.15) is 0 Å². The molecule has 0 saturated carbocycles. The van der Waals surface area contributed by atoms with Gasteiger partial charge in [0, 0.05) is 6.42 Å². The molecule has 0 saturated heterocycles. The van der Waals surface area contributed by atoms with Gasteiger partial charge in [-0.1, -0.05) is 20.8 Å². The molecule has 0 aliphatic carbocycles. The van der Waals surface area contributed by atoms with Crippen LogP contribution in [0.25, 0.3) is 0 Å². The van der Waals surface area contributed by atoms with E-state index in [1.807, 2.05) is 20.8 Å². The molecule has 0 bridgehead atoms. The van der Waals surface area contributed by atoms with Gasteiger partial charge in [-0.05, 0) is 25.7 Å². The van der Waals surface area contributed by atoms with Crippen LogP contribution in [0.15, 0.2) is 0 Å². The van der Waals surface area contributed by atoms with Crippen LogP contribution in [-0.4, -0.2) is 25.2 Å². The van der Waals surface area contributed by atoms with Crippen LogP contribution in [-0.2, 0) is 19.1 Å². The summed E-state index contributed by atoms with van der Waals surface area (Å²) in [5.74, 6) is -0.762. The second-order valence-corrected chi connectivity index (χ2v) is 5.01. The van der Waals surface area contributed by atoms with Gasteiger partial charge in [0.05, 0.1) is 19.1 Å². The highest BCUT2D eigenvalue weighted by molar-refractivity contribution is 5.75. The molecule has 0 radical (unpaired) electrons. The SMILES string of the molecule is CCOC(=O)CCC(C(=O)OCC)C(C)(C)C. The molecular formula is C13H24O4. The Balaban J connectivity index is 4.41. The number of carbonyl (C=O) groups excluding carboxylic acids is 2. The highest BCUT2D eigenvalue weighted by Crippen LogP contribution is 2.31. The molecule has 0 aromatic heterocycles. The van der Waals surface area contributed by atoms with E-state index in [9.17, 15) is 9.59 Å². The van der Waals surface area contributed by atoms with E-state index in [1.165, 1.54) is 0 Å². The van der Waals surface area contributed by atoms with E-state index in [-0.39, 0.29) is 29.7 Å². The summed E-state index contributed by atoms with van der Waals surface area (Å²) in [7, 11) is 0. The van der Waals surface area contributed by atoms with Crippen molar-refractivity contribution in [1.82, 2.24) is 0 Å². The summed E-state index contributed by atoms with van der Waals surface area (Å²) >= 11 is 0. The molecule has 1 atom stereocenters. The van der Waals surface area contributed by atoms with Crippen molar-refractivity contribution in [3.8, 4) is 0 Å². The minimum atomic E-state index is -0.271. The van der Waals surface area contributed by atoms with Gasteiger partial charge >= 0.3 is 11.9 Å². The van der Waals surface area contributed by atoms with Gasteiger partial charge in [-0.3, -0.25) is 9.59 Å². The topological polar surface area (TPSA) is 52.6 Å². The number of hydrogen-bond acceptors (Lipinski definition) is 4. The molecule has 0 aliphatic rings. The fraction of sp³-hybridized carbons (Fsp3) is 0.846. The van der Waals surface area contributed by atoms with E-state index in [0.29, 0.717) is 19.6 Å². The molecule has 0 aromatic carbocycles. The largest absolute Gasteiger partial charge is 0.466 e. The summed E-state index contributed by atoms with van der Waals surface area (Å²) in [6.07, 6.45) is 0.732. The third-order valence-corrected chi connectivity index (χ3v) is 2.56. The quantitative estimate of drug-likeness (QED) is 0.674. The van der Waals surface area contributed by atoms with Crippen LogP contribution in [0.3, 0.4) is 0 Å². The summed E-state index contributed by atoms with van der Waals surface area (Å²) in [4.78, 5) is 23.1. The van der Waals surface area contributed by atoms with E-state index in [4.69, 9.17) is 9.47 Å². The minimum Gasteiger partial charge on any atom is -0.466 e. The van der Waals surface area contributed by atoms with Crippen LogP contribution >= 0.6 is 0 Å². The zero-order valence-corrected chi connectivity index (χ0v) is 11.5. The Morgan fingerprint density at radius 1 is 1.06 bits per heavy atom. The van der Waals surface area contributed by atoms with Crippen LogP contribution < -0.4 is 0 Å². The monoisotopic (exact) mass is 244 g/mol. The molecule has 17 heavy (non-hydrogen) atoms. The molecule has 1 unspecified atom stereocenters. The Hall–Kier alpha value is -1.06.